The van der Waals surface area contributed by atoms with Crippen molar-refractivity contribution in [1.82, 2.24) is 9.78 Å². The number of nitrogens with zero attached hydrogens (tertiary/aromatic N) is 3. The van der Waals surface area contributed by atoms with E-state index in [1.807, 2.05) is 23.0 Å². The van der Waals surface area contributed by atoms with E-state index < -0.39 is 0 Å². The molecular formula is C12H9N3O. The lowest BCUT2D eigenvalue weighted by Gasteiger charge is -2.04. The largest absolute Gasteiger partial charge is 0.370 e. The van der Waals surface area contributed by atoms with Gasteiger partial charge in [0.15, 0.2) is 0 Å². The van der Waals surface area contributed by atoms with Crippen molar-refractivity contribution in [3.8, 4) is 11.8 Å². The first-order chi connectivity index (χ1) is 7.88. The zero-order valence-electron chi connectivity index (χ0n) is 8.55. The van der Waals surface area contributed by atoms with E-state index in [4.69, 9.17) is 10.00 Å². The topological polar surface area (TPSA) is 50.8 Å². The molecule has 2 aromatic rings. The molecule has 1 aromatic carbocycles. The van der Waals surface area contributed by atoms with Gasteiger partial charge in [-0.05, 0) is 24.3 Å². The summed E-state index contributed by atoms with van der Waals surface area (Å²) in [5, 5.41) is 13.0. The lowest BCUT2D eigenvalue weighted by atomic mass is 10.2. The minimum Gasteiger partial charge on any atom is -0.370 e. The Bertz CT molecular complexity index is 563. The van der Waals surface area contributed by atoms with E-state index in [-0.39, 0.29) is 0 Å². The predicted octanol–water partition coefficient (Wildman–Crippen LogP) is 1.77. The van der Waals surface area contributed by atoms with Gasteiger partial charge in [-0.15, -0.1) is 0 Å². The van der Waals surface area contributed by atoms with Gasteiger partial charge in [0, 0.05) is 5.56 Å². The van der Waals surface area contributed by atoms with Crippen LogP contribution >= 0.6 is 0 Å². The highest BCUT2D eigenvalue weighted by molar-refractivity contribution is 5.41. The second kappa shape index (κ2) is 3.47. The Labute approximate surface area is 92.7 Å². The van der Waals surface area contributed by atoms with Crippen LogP contribution in [0.4, 0.5) is 0 Å². The Hall–Kier alpha value is -2.12. The van der Waals surface area contributed by atoms with E-state index in [9.17, 15) is 0 Å². The third kappa shape index (κ3) is 1.30. The van der Waals surface area contributed by atoms with E-state index in [0.717, 1.165) is 16.9 Å². The predicted molar refractivity (Wildman–Crippen MR) is 56.8 cm³/mol. The summed E-state index contributed by atoms with van der Waals surface area (Å²) < 4.78 is 7.21. The first kappa shape index (κ1) is 9.13. The van der Waals surface area contributed by atoms with Crippen LogP contribution in [0.1, 0.15) is 16.8 Å². The van der Waals surface area contributed by atoms with Crippen molar-refractivity contribution in [3.05, 3.63) is 47.3 Å². The SMILES string of the molecule is N#Cc1ccc(-n2ncc3c2COC3)cc1. The maximum Gasteiger partial charge on any atom is 0.0991 e. The van der Waals surface area contributed by atoms with Crippen LogP contribution in [0.25, 0.3) is 5.69 Å². The molecular weight excluding hydrogens is 202 g/mol. The molecule has 0 unspecified atom stereocenters. The van der Waals surface area contributed by atoms with E-state index in [2.05, 4.69) is 11.2 Å². The third-order valence-electron chi connectivity index (χ3n) is 2.69. The monoisotopic (exact) mass is 211 g/mol. The van der Waals surface area contributed by atoms with E-state index >= 15 is 0 Å². The smallest absolute Gasteiger partial charge is 0.0991 e. The zero-order valence-corrected chi connectivity index (χ0v) is 8.55. The van der Waals surface area contributed by atoms with Crippen molar-refractivity contribution in [3.63, 3.8) is 0 Å². The van der Waals surface area contributed by atoms with Gasteiger partial charge in [-0.2, -0.15) is 10.4 Å². The second-order valence-corrected chi connectivity index (χ2v) is 3.68. The zero-order chi connectivity index (χ0) is 11.0. The van der Waals surface area contributed by atoms with Crippen LogP contribution in [-0.2, 0) is 18.0 Å². The van der Waals surface area contributed by atoms with Gasteiger partial charge in [0.2, 0.25) is 0 Å². The molecule has 4 nitrogen and oxygen atoms in total. The number of hydrogen-bond donors (Lipinski definition) is 0. The minimum atomic E-state index is 0.606. The summed E-state index contributed by atoms with van der Waals surface area (Å²) in [5.41, 5.74) is 3.86. The summed E-state index contributed by atoms with van der Waals surface area (Å²) >= 11 is 0. The van der Waals surface area contributed by atoms with Crippen molar-refractivity contribution in [2.24, 2.45) is 0 Å². The molecule has 16 heavy (non-hydrogen) atoms. The number of fused-ring (bicyclic) bond motifs is 1. The molecule has 1 aliphatic heterocycles. The Kier molecular flexibility index (Phi) is 1.98. The molecule has 0 spiro atoms. The molecule has 0 radical (unpaired) electrons. The summed E-state index contributed by atoms with van der Waals surface area (Å²) in [5.74, 6) is 0. The van der Waals surface area contributed by atoms with Gasteiger partial charge >= 0.3 is 0 Å². The van der Waals surface area contributed by atoms with Crippen molar-refractivity contribution in [2.45, 2.75) is 13.2 Å². The minimum absolute atomic E-state index is 0.606. The maximum absolute atomic E-state index is 8.72. The molecule has 3 rings (SSSR count). The Balaban J connectivity index is 2.06. The number of benzene rings is 1. The Morgan fingerprint density at radius 3 is 2.81 bits per heavy atom. The molecule has 0 saturated heterocycles. The molecule has 0 saturated carbocycles. The molecule has 0 N–H and O–H groups in total. The molecule has 4 heteroatoms. The van der Waals surface area contributed by atoms with Gasteiger partial charge in [-0.3, -0.25) is 0 Å². The van der Waals surface area contributed by atoms with Gasteiger partial charge in [-0.1, -0.05) is 0 Å². The normalized spacial score (nSPS) is 13.4. The lowest BCUT2D eigenvalue weighted by Crippen LogP contribution is -2.01. The van der Waals surface area contributed by atoms with Gasteiger partial charge in [0.1, 0.15) is 0 Å². The van der Waals surface area contributed by atoms with E-state index in [1.165, 1.54) is 0 Å². The number of hydrogen-bond acceptors (Lipinski definition) is 3. The summed E-state index contributed by atoms with van der Waals surface area (Å²) in [7, 11) is 0. The lowest BCUT2D eigenvalue weighted by molar-refractivity contribution is 0.130. The maximum atomic E-state index is 8.72. The number of rotatable bonds is 1. The van der Waals surface area contributed by atoms with Gasteiger partial charge in [-0.25, -0.2) is 4.68 Å². The molecule has 0 amide bonds. The first-order valence-electron chi connectivity index (χ1n) is 5.02. The fraction of sp³-hybridized carbons (Fsp3) is 0.167. The van der Waals surface area contributed by atoms with E-state index in [0.29, 0.717) is 18.8 Å². The molecule has 78 valence electrons. The fourth-order valence-electron chi connectivity index (χ4n) is 1.84. The molecule has 1 aromatic heterocycles. The van der Waals surface area contributed by atoms with Crippen molar-refractivity contribution >= 4 is 0 Å². The molecule has 0 bridgehead atoms. The highest BCUT2D eigenvalue weighted by Gasteiger charge is 2.17. The Morgan fingerprint density at radius 2 is 2.06 bits per heavy atom. The molecule has 2 heterocycles. The average Bonchev–Trinajstić information content (AvgIpc) is 2.91. The van der Waals surface area contributed by atoms with Crippen LogP contribution in [0, 0.1) is 11.3 Å². The van der Waals surface area contributed by atoms with Crippen molar-refractivity contribution < 1.29 is 4.74 Å². The Morgan fingerprint density at radius 1 is 1.25 bits per heavy atom. The number of aromatic nitrogens is 2. The highest BCUT2D eigenvalue weighted by atomic mass is 16.5. The standard InChI is InChI=1S/C12H9N3O/c13-5-9-1-3-11(4-2-9)15-12-8-16-7-10(12)6-14-15/h1-4,6H,7-8H2. The van der Waals surface area contributed by atoms with Gasteiger partial charge in [0.05, 0.1) is 42.4 Å². The van der Waals surface area contributed by atoms with Crippen LogP contribution in [-0.4, -0.2) is 9.78 Å². The third-order valence-corrected chi connectivity index (χ3v) is 2.69. The quantitative estimate of drug-likeness (QED) is 0.722. The number of ether oxygens (including phenoxy) is 1. The van der Waals surface area contributed by atoms with Crippen molar-refractivity contribution in [1.29, 1.82) is 5.26 Å². The first-order valence-corrected chi connectivity index (χ1v) is 5.02. The van der Waals surface area contributed by atoms with E-state index in [1.54, 1.807) is 12.1 Å². The molecule has 0 aliphatic carbocycles. The van der Waals surface area contributed by atoms with Crippen LogP contribution < -0.4 is 0 Å². The van der Waals surface area contributed by atoms with Crippen LogP contribution in [0.2, 0.25) is 0 Å². The van der Waals surface area contributed by atoms with Gasteiger partial charge < -0.3 is 4.74 Å². The number of nitriles is 1. The molecule has 1 aliphatic rings. The van der Waals surface area contributed by atoms with Crippen molar-refractivity contribution in [2.75, 3.05) is 0 Å². The second-order valence-electron chi connectivity index (χ2n) is 3.68. The summed E-state index contributed by atoms with van der Waals surface area (Å²) in [6, 6.07) is 9.47. The van der Waals surface area contributed by atoms with Crippen LogP contribution in [0.3, 0.4) is 0 Å². The summed E-state index contributed by atoms with van der Waals surface area (Å²) in [6.45, 7) is 1.25. The molecule has 0 fully saturated rings. The van der Waals surface area contributed by atoms with Crippen LogP contribution in [0.15, 0.2) is 30.5 Å². The molecule has 0 atom stereocenters. The van der Waals surface area contributed by atoms with Gasteiger partial charge in [0.25, 0.3) is 0 Å². The average molecular weight is 211 g/mol. The van der Waals surface area contributed by atoms with Crippen LogP contribution in [0.5, 0.6) is 0 Å². The highest BCUT2D eigenvalue weighted by Crippen LogP contribution is 2.22. The fourth-order valence-corrected chi connectivity index (χ4v) is 1.84. The summed E-state index contributed by atoms with van der Waals surface area (Å²) in [6.07, 6.45) is 1.83. The summed E-state index contributed by atoms with van der Waals surface area (Å²) in [4.78, 5) is 0.